The third kappa shape index (κ3) is 14.8. The Morgan fingerprint density at radius 3 is 1.67 bits per heavy atom. The van der Waals surface area contributed by atoms with Crippen LogP contribution in [0.1, 0.15) is 25.0 Å². The van der Waals surface area contributed by atoms with Gasteiger partial charge < -0.3 is 14.9 Å². The molecule has 0 heterocycles. The smallest absolute Gasteiger partial charge is 0.330 e. The minimum Gasteiger partial charge on any atom is -0.478 e. The summed E-state index contributed by atoms with van der Waals surface area (Å²) in [5, 5.41) is 16.4. The lowest BCUT2D eigenvalue weighted by Crippen LogP contribution is -2.00. The normalized spacial score (nSPS) is 9.74. The lowest BCUT2D eigenvalue weighted by atomic mass is 10.2. The molecule has 0 aromatic heterocycles. The number of hydrogen-bond acceptors (Lipinski definition) is 4. The number of aliphatic hydroxyl groups is 1. The van der Waals surface area contributed by atoms with E-state index >= 15 is 0 Å². The Hall–Kier alpha value is -3.18. The van der Waals surface area contributed by atoms with E-state index in [0.717, 1.165) is 17.2 Å². The topological polar surface area (TPSA) is 83.8 Å². The number of carbonyl (C=O) groups is 2. The van der Waals surface area contributed by atoms with Gasteiger partial charge in [0.15, 0.2) is 0 Å². The van der Waals surface area contributed by atoms with Gasteiger partial charge in [0, 0.05) is 12.2 Å². The highest BCUT2D eigenvalue weighted by molar-refractivity contribution is 5.81. The largest absolute Gasteiger partial charge is 0.478 e. The molecule has 5 nitrogen and oxygen atoms in total. The molecule has 0 fully saturated rings. The lowest BCUT2D eigenvalue weighted by molar-refractivity contribution is -0.139. The summed E-state index contributed by atoms with van der Waals surface area (Å²) in [6, 6.07) is 19.1. The van der Waals surface area contributed by atoms with Crippen LogP contribution in [0.5, 0.6) is 0 Å². The molecule has 2 N–H and O–H groups in total. The lowest BCUT2D eigenvalue weighted by Gasteiger charge is -2.00. The first kappa shape index (κ1) is 23.8. The van der Waals surface area contributed by atoms with Gasteiger partial charge in [-0.15, -0.1) is 0 Å². The molecule has 0 saturated carbocycles. The van der Waals surface area contributed by atoms with Crippen LogP contribution in [0.25, 0.3) is 0 Å². The van der Waals surface area contributed by atoms with Crippen LogP contribution in [-0.2, 0) is 27.5 Å². The second-order valence-corrected chi connectivity index (χ2v) is 5.08. The van der Waals surface area contributed by atoms with Crippen molar-refractivity contribution in [3.63, 3.8) is 0 Å². The van der Waals surface area contributed by atoms with E-state index in [-0.39, 0.29) is 12.6 Å². The van der Waals surface area contributed by atoms with Crippen molar-refractivity contribution >= 4 is 11.9 Å². The fourth-order valence-electron chi connectivity index (χ4n) is 1.64. The highest BCUT2D eigenvalue weighted by atomic mass is 16.5. The standard InChI is InChI=1S/C11H12O2.C7H8O.C4H6O2/c1-2-6-11(12)13-9-10-7-4-3-5-8-10;8-6-7-4-2-1-3-5-7;1-2-3-4(5)6/h2-8H,9H2,1H3;1-5,8H,6H2;2-3H,1H3,(H,5,6)/b6-2+;;3-2+. The number of ether oxygens (including phenoxy) is 1. The van der Waals surface area contributed by atoms with Crippen LogP contribution >= 0.6 is 0 Å². The zero-order valence-corrected chi connectivity index (χ0v) is 15.6. The third-order valence-electron chi connectivity index (χ3n) is 2.86. The number of carboxylic acid groups (broad SMARTS) is 1. The van der Waals surface area contributed by atoms with Gasteiger partial charge in [-0.05, 0) is 25.0 Å². The molecule has 5 heteroatoms. The van der Waals surface area contributed by atoms with Gasteiger partial charge in [0.05, 0.1) is 6.61 Å². The Balaban J connectivity index is 0.000000413. The van der Waals surface area contributed by atoms with Crippen molar-refractivity contribution in [2.24, 2.45) is 0 Å². The molecule has 0 amide bonds. The molecule has 0 bridgehead atoms. The Labute approximate surface area is 160 Å². The number of hydrogen-bond donors (Lipinski definition) is 2. The molecule has 2 aromatic carbocycles. The third-order valence-corrected chi connectivity index (χ3v) is 2.86. The van der Waals surface area contributed by atoms with Crippen LogP contribution in [0.15, 0.2) is 85.0 Å². The van der Waals surface area contributed by atoms with Gasteiger partial charge in [-0.25, -0.2) is 9.59 Å². The quantitative estimate of drug-likeness (QED) is 0.611. The van der Waals surface area contributed by atoms with Crippen LogP contribution in [0.4, 0.5) is 0 Å². The molecule has 0 aliphatic carbocycles. The minimum atomic E-state index is -0.891. The van der Waals surface area contributed by atoms with Crippen molar-refractivity contribution in [2.45, 2.75) is 27.1 Å². The number of aliphatic hydroxyl groups excluding tert-OH is 1. The van der Waals surface area contributed by atoms with E-state index in [9.17, 15) is 9.59 Å². The van der Waals surface area contributed by atoms with Crippen LogP contribution in [0.3, 0.4) is 0 Å². The Morgan fingerprint density at radius 1 is 0.852 bits per heavy atom. The predicted octanol–water partition coefficient (Wildman–Crippen LogP) is 4.13. The summed E-state index contributed by atoms with van der Waals surface area (Å²) in [7, 11) is 0. The molecule has 0 spiro atoms. The van der Waals surface area contributed by atoms with E-state index in [0.29, 0.717) is 6.61 Å². The zero-order chi connectivity index (χ0) is 20.3. The maximum absolute atomic E-state index is 10.9. The molecular formula is C22H26O5. The van der Waals surface area contributed by atoms with Crippen LogP contribution in [0, 0.1) is 0 Å². The molecule has 0 unspecified atom stereocenters. The highest BCUT2D eigenvalue weighted by Gasteiger charge is 1.96. The van der Waals surface area contributed by atoms with E-state index in [1.54, 1.807) is 19.9 Å². The van der Waals surface area contributed by atoms with Crippen LogP contribution in [-0.4, -0.2) is 22.2 Å². The van der Waals surface area contributed by atoms with E-state index in [1.165, 1.54) is 12.2 Å². The van der Waals surface area contributed by atoms with E-state index in [4.69, 9.17) is 14.9 Å². The van der Waals surface area contributed by atoms with E-state index in [2.05, 4.69) is 0 Å². The number of aliphatic carboxylic acids is 1. The molecule has 0 radical (unpaired) electrons. The van der Waals surface area contributed by atoms with Gasteiger partial charge >= 0.3 is 11.9 Å². The Bertz CT molecular complexity index is 691. The molecular weight excluding hydrogens is 344 g/mol. The number of carboxylic acids is 1. The first-order valence-electron chi connectivity index (χ1n) is 8.37. The van der Waals surface area contributed by atoms with Crippen molar-refractivity contribution in [1.29, 1.82) is 0 Å². The first-order chi connectivity index (χ1) is 13.0. The van der Waals surface area contributed by atoms with Gasteiger partial charge in [-0.3, -0.25) is 0 Å². The Kier molecular flexibility index (Phi) is 14.4. The number of esters is 1. The van der Waals surface area contributed by atoms with Gasteiger partial charge in [-0.1, -0.05) is 72.8 Å². The first-order valence-corrected chi connectivity index (χ1v) is 8.37. The fourth-order valence-corrected chi connectivity index (χ4v) is 1.64. The van der Waals surface area contributed by atoms with Crippen LogP contribution < -0.4 is 0 Å². The molecule has 0 aliphatic heterocycles. The number of benzene rings is 2. The number of carbonyl (C=O) groups excluding carboxylic acids is 1. The molecule has 0 aliphatic rings. The molecule has 144 valence electrons. The molecule has 2 rings (SSSR count). The van der Waals surface area contributed by atoms with Crippen molar-refractivity contribution in [3.8, 4) is 0 Å². The summed E-state index contributed by atoms with van der Waals surface area (Å²) in [6.07, 6.45) is 5.62. The number of rotatable bonds is 5. The van der Waals surface area contributed by atoms with E-state index in [1.807, 2.05) is 60.7 Å². The maximum Gasteiger partial charge on any atom is 0.330 e. The zero-order valence-electron chi connectivity index (χ0n) is 15.6. The minimum absolute atomic E-state index is 0.140. The van der Waals surface area contributed by atoms with E-state index < -0.39 is 5.97 Å². The van der Waals surface area contributed by atoms with Gasteiger partial charge in [0.25, 0.3) is 0 Å². The molecule has 0 atom stereocenters. The fraction of sp³-hybridized carbons (Fsp3) is 0.182. The van der Waals surface area contributed by atoms with Gasteiger partial charge in [0.2, 0.25) is 0 Å². The summed E-state index contributed by atoms with van der Waals surface area (Å²) in [4.78, 5) is 20.4. The summed E-state index contributed by atoms with van der Waals surface area (Å²) in [6.45, 7) is 3.92. The second-order valence-electron chi connectivity index (χ2n) is 5.08. The van der Waals surface area contributed by atoms with Crippen molar-refractivity contribution in [3.05, 3.63) is 96.1 Å². The molecule has 27 heavy (non-hydrogen) atoms. The van der Waals surface area contributed by atoms with Crippen molar-refractivity contribution < 1.29 is 24.5 Å². The van der Waals surface area contributed by atoms with Crippen molar-refractivity contribution in [2.75, 3.05) is 0 Å². The Morgan fingerprint density at radius 2 is 1.33 bits per heavy atom. The second kappa shape index (κ2) is 16.3. The summed E-state index contributed by atoms with van der Waals surface area (Å²) in [5.74, 6) is -1.19. The summed E-state index contributed by atoms with van der Waals surface area (Å²) < 4.78 is 4.94. The number of allylic oxidation sites excluding steroid dienone is 2. The van der Waals surface area contributed by atoms with Gasteiger partial charge in [-0.2, -0.15) is 0 Å². The average molecular weight is 370 g/mol. The van der Waals surface area contributed by atoms with Crippen LogP contribution in [0.2, 0.25) is 0 Å². The average Bonchev–Trinajstić information content (AvgIpc) is 2.69. The predicted molar refractivity (Wildman–Crippen MR) is 106 cm³/mol. The molecule has 2 aromatic rings. The molecule has 0 saturated heterocycles. The maximum atomic E-state index is 10.9. The monoisotopic (exact) mass is 370 g/mol. The SMILES string of the molecule is C/C=C/C(=O)O.C/C=C/C(=O)OCc1ccccc1.OCc1ccccc1. The van der Waals surface area contributed by atoms with Gasteiger partial charge in [0.1, 0.15) is 6.61 Å². The summed E-state index contributed by atoms with van der Waals surface area (Å²) >= 11 is 0. The van der Waals surface area contributed by atoms with Crippen molar-refractivity contribution in [1.82, 2.24) is 0 Å². The summed E-state index contributed by atoms with van der Waals surface area (Å²) in [5.41, 5.74) is 1.97. The highest BCUT2D eigenvalue weighted by Crippen LogP contribution is 2.00.